The molecule has 1 amide bonds. The second-order valence-electron chi connectivity index (χ2n) is 7.56. The van der Waals surface area contributed by atoms with Crippen LogP contribution in [0.4, 0.5) is 0 Å². The van der Waals surface area contributed by atoms with Crippen molar-refractivity contribution in [2.24, 2.45) is 12.1 Å². The molecule has 0 fully saturated rings. The van der Waals surface area contributed by atoms with Crippen LogP contribution >= 0.6 is 0 Å². The molecule has 4 rings (SSSR count). The van der Waals surface area contributed by atoms with Gasteiger partial charge in [-0.15, -0.1) is 0 Å². The second-order valence-corrected chi connectivity index (χ2v) is 7.56. The fraction of sp³-hybridized carbons (Fsp3) is 0.154. The number of rotatable bonds is 8. The van der Waals surface area contributed by atoms with Gasteiger partial charge in [0, 0.05) is 12.6 Å². The van der Waals surface area contributed by atoms with Gasteiger partial charge in [0.25, 0.3) is 0 Å². The summed E-state index contributed by atoms with van der Waals surface area (Å²) in [6.45, 7) is 0.311. The van der Waals surface area contributed by atoms with Crippen molar-refractivity contribution in [2.45, 2.75) is 13.0 Å². The van der Waals surface area contributed by atoms with Gasteiger partial charge in [0.1, 0.15) is 18.2 Å². The van der Waals surface area contributed by atoms with Crippen molar-refractivity contribution in [1.82, 2.24) is 15.0 Å². The lowest BCUT2D eigenvalue weighted by molar-refractivity contribution is -0.120. The highest BCUT2D eigenvalue weighted by molar-refractivity contribution is 5.89. The first-order valence-electron chi connectivity index (χ1n) is 10.7. The summed E-state index contributed by atoms with van der Waals surface area (Å²) in [4.78, 5) is 28.4. The Morgan fingerprint density at radius 2 is 1.76 bits per heavy atom. The number of aryl methyl sites for hydroxylation is 1. The molecule has 1 N–H and O–H groups in total. The maximum Gasteiger partial charge on any atom is 0.337 e. The third kappa shape index (κ3) is 5.29. The molecule has 8 nitrogen and oxygen atoms in total. The van der Waals surface area contributed by atoms with Gasteiger partial charge in [-0.1, -0.05) is 36.4 Å². The van der Waals surface area contributed by atoms with E-state index in [9.17, 15) is 9.59 Å². The van der Waals surface area contributed by atoms with E-state index in [1.165, 1.54) is 7.11 Å². The van der Waals surface area contributed by atoms with E-state index in [0.29, 0.717) is 23.7 Å². The summed E-state index contributed by atoms with van der Waals surface area (Å²) in [6.07, 6.45) is 1.66. The highest BCUT2D eigenvalue weighted by atomic mass is 16.5. The Morgan fingerprint density at radius 3 is 2.53 bits per heavy atom. The Bertz CT molecular complexity index is 1340. The van der Waals surface area contributed by atoms with Gasteiger partial charge in [-0.2, -0.15) is 5.10 Å². The molecule has 0 spiro atoms. The number of methoxy groups -OCH3 is 1. The minimum atomic E-state index is -0.382. The van der Waals surface area contributed by atoms with Crippen LogP contribution in [-0.4, -0.2) is 34.8 Å². The quantitative estimate of drug-likeness (QED) is 0.248. The van der Waals surface area contributed by atoms with Gasteiger partial charge < -0.3 is 14.0 Å². The number of imidazole rings is 1. The average Bonchev–Trinajstić information content (AvgIpc) is 3.18. The Morgan fingerprint density at radius 1 is 1.03 bits per heavy atom. The van der Waals surface area contributed by atoms with E-state index in [2.05, 4.69) is 15.5 Å². The summed E-state index contributed by atoms with van der Waals surface area (Å²) in [5, 5.41) is 4.08. The van der Waals surface area contributed by atoms with Crippen molar-refractivity contribution in [1.29, 1.82) is 0 Å². The fourth-order valence-electron chi connectivity index (χ4n) is 3.45. The number of carbonyl (C=O) groups is 2. The maximum atomic E-state index is 12.4. The van der Waals surface area contributed by atoms with Crippen molar-refractivity contribution < 1.29 is 19.1 Å². The number of hydrogen-bond acceptors (Lipinski definition) is 6. The summed E-state index contributed by atoms with van der Waals surface area (Å²) in [5.74, 6) is 0.634. The van der Waals surface area contributed by atoms with Gasteiger partial charge in [-0.3, -0.25) is 4.79 Å². The third-order valence-corrected chi connectivity index (χ3v) is 5.28. The number of nitrogens with one attached hydrogen (secondary N) is 1. The second kappa shape index (κ2) is 10.4. The van der Waals surface area contributed by atoms with Crippen LogP contribution in [0, 0.1) is 0 Å². The van der Waals surface area contributed by atoms with Crippen LogP contribution in [0.2, 0.25) is 0 Å². The number of hydrogen-bond donors (Lipinski definition) is 1. The number of aromatic nitrogens is 2. The number of amides is 1. The predicted molar refractivity (Wildman–Crippen MR) is 129 cm³/mol. The van der Waals surface area contributed by atoms with Crippen LogP contribution in [0.1, 0.15) is 27.3 Å². The topological polar surface area (TPSA) is 94.8 Å². The minimum absolute atomic E-state index is 0.113. The van der Waals surface area contributed by atoms with Crippen molar-refractivity contribution in [2.75, 3.05) is 7.11 Å². The number of carbonyl (C=O) groups excluding carboxylic acids is 2. The van der Waals surface area contributed by atoms with E-state index >= 15 is 0 Å². The van der Waals surface area contributed by atoms with Crippen LogP contribution in [0.25, 0.3) is 11.0 Å². The number of ether oxygens (including phenoxy) is 2. The van der Waals surface area contributed by atoms with Gasteiger partial charge in [0.15, 0.2) is 0 Å². The van der Waals surface area contributed by atoms with Crippen molar-refractivity contribution in [3.05, 3.63) is 95.3 Å². The van der Waals surface area contributed by atoms with Gasteiger partial charge in [0.05, 0.1) is 36.3 Å². The number of benzene rings is 3. The number of hydrazone groups is 1. The summed E-state index contributed by atoms with van der Waals surface area (Å²) >= 11 is 0. The molecule has 1 heterocycles. The molecule has 0 saturated carbocycles. The zero-order chi connectivity index (χ0) is 23.9. The first-order chi connectivity index (χ1) is 16.5. The lowest BCUT2D eigenvalue weighted by Crippen LogP contribution is -2.21. The fourth-order valence-corrected chi connectivity index (χ4v) is 3.45. The zero-order valence-electron chi connectivity index (χ0n) is 18.9. The smallest absolute Gasteiger partial charge is 0.337 e. The Hall–Kier alpha value is -4.46. The lowest BCUT2D eigenvalue weighted by atomic mass is 10.1. The van der Waals surface area contributed by atoms with Gasteiger partial charge in [-0.05, 0) is 42.0 Å². The molecule has 0 aliphatic carbocycles. The van der Waals surface area contributed by atoms with Crippen LogP contribution < -0.4 is 10.2 Å². The molecule has 4 aromatic rings. The standard InChI is InChI=1S/C26H24N4O4/c1-30-22-9-5-4-8-21(22)28-24(30)15-25(31)29-27-16-20-7-3-6-10-23(20)34-17-18-11-13-19(14-12-18)26(32)33-2/h3-14,16H,15,17H2,1-2H3,(H,29,31)/b27-16+. The molecule has 3 aromatic carbocycles. The highest BCUT2D eigenvalue weighted by Gasteiger charge is 2.11. The van der Waals surface area contributed by atoms with E-state index in [1.54, 1.807) is 18.3 Å². The van der Waals surface area contributed by atoms with E-state index in [-0.39, 0.29) is 18.3 Å². The molecule has 34 heavy (non-hydrogen) atoms. The average molecular weight is 457 g/mol. The van der Waals surface area contributed by atoms with E-state index in [4.69, 9.17) is 9.47 Å². The van der Waals surface area contributed by atoms with Crippen molar-refractivity contribution in [3.8, 4) is 5.75 Å². The molecule has 1 aromatic heterocycles. The van der Waals surface area contributed by atoms with Crippen LogP contribution in [0.15, 0.2) is 77.9 Å². The van der Waals surface area contributed by atoms with E-state index in [1.807, 2.05) is 72.3 Å². The Kier molecular flexibility index (Phi) is 6.98. The maximum absolute atomic E-state index is 12.4. The minimum Gasteiger partial charge on any atom is -0.488 e. The van der Waals surface area contributed by atoms with Crippen molar-refractivity contribution >= 4 is 29.1 Å². The monoisotopic (exact) mass is 456 g/mol. The van der Waals surface area contributed by atoms with Crippen LogP contribution in [-0.2, 0) is 29.6 Å². The summed E-state index contributed by atoms with van der Waals surface area (Å²) in [5.41, 5.74) is 6.47. The largest absolute Gasteiger partial charge is 0.488 e. The molecule has 0 unspecified atom stereocenters. The SMILES string of the molecule is COC(=O)c1ccc(COc2ccccc2/C=N/NC(=O)Cc2nc3ccccc3n2C)cc1. The molecular weight excluding hydrogens is 432 g/mol. The molecule has 0 saturated heterocycles. The molecule has 0 aliphatic rings. The predicted octanol–water partition coefficient (Wildman–Crippen LogP) is 3.63. The summed E-state index contributed by atoms with van der Waals surface area (Å²) in [7, 11) is 3.23. The van der Waals surface area contributed by atoms with E-state index < -0.39 is 0 Å². The normalized spacial score (nSPS) is 11.0. The Labute approximate surface area is 196 Å². The highest BCUT2D eigenvalue weighted by Crippen LogP contribution is 2.18. The van der Waals surface area contributed by atoms with Gasteiger partial charge >= 0.3 is 5.97 Å². The summed E-state index contributed by atoms with van der Waals surface area (Å²) in [6, 6.07) is 22.1. The molecule has 172 valence electrons. The first kappa shape index (κ1) is 22.7. The molecule has 0 atom stereocenters. The molecule has 0 radical (unpaired) electrons. The molecule has 0 bridgehead atoms. The lowest BCUT2D eigenvalue weighted by Gasteiger charge is -2.09. The molecular formula is C26H24N4O4. The van der Waals surface area contributed by atoms with Crippen LogP contribution in [0.5, 0.6) is 5.75 Å². The van der Waals surface area contributed by atoms with Gasteiger partial charge in [0.2, 0.25) is 5.91 Å². The van der Waals surface area contributed by atoms with Crippen molar-refractivity contribution in [3.63, 3.8) is 0 Å². The Balaban J connectivity index is 1.35. The number of nitrogens with zero attached hydrogens (tertiary/aromatic N) is 3. The number of esters is 1. The zero-order valence-corrected chi connectivity index (χ0v) is 18.9. The molecule has 8 heteroatoms. The first-order valence-corrected chi connectivity index (χ1v) is 10.7. The number of fused-ring (bicyclic) bond motifs is 1. The van der Waals surface area contributed by atoms with E-state index in [0.717, 1.165) is 22.2 Å². The van der Waals surface area contributed by atoms with Gasteiger partial charge in [-0.25, -0.2) is 15.2 Å². The molecule has 0 aliphatic heterocycles. The third-order valence-electron chi connectivity index (χ3n) is 5.28. The summed E-state index contributed by atoms with van der Waals surface area (Å²) < 4.78 is 12.5. The van der Waals surface area contributed by atoms with Crippen LogP contribution in [0.3, 0.4) is 0 Å². The number of para-hydroxylation sites is 3.